The second-order valence-electron chi connectivity index (χ2n) is 4.87. The summed E-state index contributed by atoms with van der Waals surface area (Å²) in [7, 11) is 0. The predicted octanol–water partition coefficient (Wildman–Crippen LogP) is 2.84. The van der Waals surface area contributed by atoms with Crippen molar-refractivity contribution < 1.29 is 9.21 Å². The zero-order chi connectivity index (χ0) is 14.8. The van der Waals surface area contributed by atoms with Gasteiger partial charge in [-0.15, -0.1) is 11.3 Å². The molecule has 0 bridgehead atoms. The number of hydrogen-bond acceptors (Lipinski definition) is 5. The molecule has 0 unspecified atom stereocenters. The van der Waals surface area contributed by atoms with E-state index in [1.165, 1.54) is 22.5 Å². The van der Waals surface area contributed by atoms with Crippen LogP contribution in [0.3, 0.4) is 0 Å². The number of likely N-dealkylation sites (N-methyl/N-ethyl adjacent to an activating group) is 1. The van der Waals surface area contributed by atoms with Gasteiger partial charge in [0.2, 0.25) is 0 Å². The maximum absolute atomic E-state index is 12.1. The molecule has 6 heteroatoms. The van der Waals surface area contributed by atoms with Crippen molar-refractivity contribution in [1.29, 1.82) is 5.26 Å². The van der Waals surface area contributed by atoms with E-state index in [0.717, 1.165) is 31.6 Å². The van der Waals surface area contributed by atoms with Crippen molar-refractivity contribution in [1.82, 2.24) is 4.90 Å². The second kappa shape index (κ2) is 5.72. The van der Waals surface area contributed by atoms with E-state index in [4.69, 9.17) is 4.42 Å². The number of rotatable bonds is 3. The van der Waals surface area contributed by atoms with Gasteiger partial charge < -0.3 is 9.73 Å². The fourth-order valence-electron chi connectivity index (χ4n) is 2.51. The van der Waals surface area contributed by atoms with Gasteiger partial charge in [-0.2, -0.15) is 5.26 Å². The number of nitrogens with one attached hydrogen (secondary N) is 1. The summed E-state index contributed by atoms with van der Waals surface area (Å²) in [6.07, 6.45) is 2.32. The maximum atomic E-state index is 12.1. The third kappa shape index (κ3) is 2.58. The highest BCUT2D eigenvalue weighted by Gasteiger charge is 2.25. The zero-order valence-electron chi connectivity index (χ0n) is 11.7. The third-order valence-corrected chi connectivity index (χ3v) is 4.80. The number of nitrogens with zero attached hydrogens (tertiary/aromatic N) is 2. The van der Waals surface area contributed by atoms with E-state index < -0.39 is 0 Å². The van der Waals surface area contributed by atoms with Crippen molar-refractivity contribution in [2.45, 2.75) is 19.9 Å². The lowest BCUT2D eigenvalue weighted by atomic mass is 10.0. The zero-order valence-corrected chi connectivity index (χ0v) is 12.5. The van der Waals surface area contributed by atoms with Crippen LogP contribution in [0.5, 0.6) is 0 Å². The normalized spacial score (nSPS) is 14.5. The van der Waals surface area contributed by atoms with E-state index in [2.05, 4.69) is 23.2 Å². The molecule has 2 aromatic heterocycles. The Labute approximate surface area is 126 Å². The number of anilines is 1. The van der Waals surface area contributed by atoms with E-state index in [0.29, 0.717) is 10.6 Å². The van der Waals surface area contributed by atoms with E-state index in [1.807, 2.05) is 0 Å². The van der Waals surface area contributed by atoms with E-state index in [1.54, 1.807) is 12.1 Å². The first-order valence-corrected chi connectivity index (χ1v) is 7.66. The molecule has 2 aromatic rings. The number of nitriles is 1. The molecule has 5 nitrogen and oxygen atoms in total. The highest BCUT2D eigenvalue weighted by Crippen LogP contribution is 2.36. The summed E-state index contributed by atoms with van der Waals surface area (Å²) in [4.78, 5) is 15.6. The molecule has 0 spiro atoms. The van der Waals surface area contributed by atoms with Gasteiger partial charge in [0.25, 0.3) is 5.91 Å². The lowest BCUT2D eigenvalue weighted by Crippen LogP contribution is -2.29. The Bertz CT molecular complexity index is 697. The van der Waals surface area contributed by atoms with Crippen molar-refractivity contribution in [2.75, 3.05) is 18.4 Å². The average molecular weight is 301 g/mol. The van der Waals surface area contributed by atoms with Crippen LogP contribution in [0.4, 0.5) is 5.00 Å². The molecular weight excluding hydrogens is 286 g/mol. The van der Waals surface area contributed by atoms with Gasteiger partial charge in [-0.05, 0) is 30.7 Å². The first kappa shape index (κ1) is 13.9. The summed E-state index contributed by atoms with van der Waals surface area (Å²) in [5.41, 5.74) is 1.69. The molecule has 3 heterocycles. The lowest BCUT2D eigenvalue weighted by Gasteiger charge is -2.24. The Morgan fingerprint density at radius 2 is 2.48 bits per heavy atom. The third-order valence-electron chi connectivity index (χ3n) is 3.67. The highest BCUT2D eigenvalue weighted by molar-refractivity contribution is 7.16. The fourth-order valence-corrected chi connectivity index (χ4v) is 3.74. The lowest BCUT2D eigenvalue weighted by molar-refractivity contribution is 0.0997. The first-order chi connectivity index (χ1) is 10.2. The van der Waals surface area contributed by atoms with Crippen LogP contribution in [0.1, 0.15) is 33.5 Å². The Kier molecular flexibility index (Phi) is 3.78. The van der Waals surface area contributed by atoms with Crippen LogP contribution in [0.2, 0.25) is 0 Å². The smallest absolute Gasteiger partial charge is 0.291 e. The summed E-state index contributed by atoms with van der Waals surface area (Å²) in [5.74, 6) is -0.0668. The van der Waals surface area contributed by atoms with Crippen LogP contribution in [0.15, 0.2) is 22.8 Å². The highest BCUT2D eigenvalue weighted by atomic mass is 32.1. The minimum absolute atomic E-state index is 0.250. The molecule has 1 amide bonds. The number of thiophene rings is 1. The van der Waals surface area contributed by atoms with Gasteiger partial charge in [-0.25, -0.2) is 0 Å². The van der Waals surface area contributed by atoms with E-state index >= 15 is 0 Å². The quantitative estimate of drug-likeness (QED) is 0.946. The van der Waals surface area contributed by atoms with Crippen LogP contribution in [0.25, 0.3) is 0 Å². The summed E-state index contributed by atoms with van der Waals surface area (Å²) >= 11 is 1.49. The molecule has 108 valence electrons. The second-order valence-corrected chi connectivity index (χ2v) is 5.98. The Balaban J connectivity index is 1.88. The van der Waals surface area contributed by atoms with Crippen LogP contribution in [-0.2, 0) is 13.0 Å². The summed E-state index contributed by atoms with van der Waals surface area (Å²) in [6.45, 7) is 4.93. The molecule has 1 aliphatic rings. The SMILES string of the molecule is CCN1CCc2c(sc(NC(=O)c3ccco3)c2C#N)C1. The molecule has 0 saturated heterocycles. The topological polar surface area (TPSA) is 69.3 Å². The number of carbonyl (C=O) groups is 1. The number of fused-ring (bicyclic) bond motifs is 1. The van der Waals surface area contributed by atoms with Crippen molar-refractivity contribution in [3.63, 3.8) is 0 Å². The minimum Gasteiger partial charge on any atom is -0.459 e. The molecule has 0 saturated carbocycles. The molecule has 0 aromatic carbocycles. The molecule has 0 aliphatic carbocycles. The minimum atomic E-state index is -0.317. The van der Waals surface area contributed by atoms with Gasteiger partial charge in [0.1, 0.15) is 11.1 Å². The summed E-state index contributed by atoms with van der Waals surface area (Å²) < 4.78 is 5.08. The molecular formula is C15H15N3O2S. The van der Waals surface area contributed by atoms with Gasteiger partial charge >= 0.3 is 0 Å². The number of carbonyl (C=O) groups excluding carboxylic acids is 1. The molecule has 0 fully saturated rings. The summed E-state index contributed by atoms with van der Waals surface area (Å²) in [6, 6.07) is 5.50. The fraction of sp³-hybridized carbons (Fsp3) is 0.333. The molecule has 0 radical (unpaired) electrons. The Morgan fingerprint density at radius 1 is 1.62 bits per heavy atom. The van der Waals surface area contributed by atoms with Gasteiger partial charge in [0, 0.05) is 18.0 Å². The number of amides is 1. The maximum Gasteiger partial charge on any atom is 0.291 e. The van der Waals surface area contributed by atoms with E-state index in [9.17, 15) is 10.1 Å². The van der Waals surface area contributed by atoms with Gasteiger partial charge in [-0.3, -0.25) is 9.69 Å². The first-order valence-electron chi connectivity index (χ1n) is 6.84. The van der Waals surface area contributed by atoms with Crippen LogP contribution in [-0.4, -0.2) is 23.9 Å². The van der Waals surface area contributed by atoms with Crippen LogP contribution < -0.4 is 5.32 Å². The Morgan fingerprint density at radius 3 is 3.14 bits per heavy atom. The van der Waals surface area contributed by atoms with Crippen molar-refractivity contribution >= 4 is 22.2 Å². The van der Waals surface area contributed by atoms with Gasteiger partial charge in [0.15, 0.2) is 5.76 Å². The predicted molar refractivity (Wildman–Crippen MR) is 80.4 cm³/mol. The number of furan rings is 1. The molecule has 1 aliphatic heterocycles. The summed E-state index contributed by atoms with van der Waals surface area (Å²) in [5, 5.41) is 12.8. The largest absolute Gasteiger partial charge is 0.459 e. The molecule has 21 heavy (non-hydrogen) atoms. The monoisotopic (exact) mass is 301 g/mol. The van der Waals surface area contributed by atoms with Crippen molar-refractivity contribution in [2.24, 2.45) is 0 Å². The Hall–Kier alpha value is -2.10. The van der Waals surface area contributed by atoms with Crippen molar-refractivity contribution in [3.05, 3.63) is 40.2 Å². The molecule has 1 N–H and O–H groups in total. The van der Waals surface area contributed by atoms with Crippen LogP contribution >= 0.6 is 11.3 Å². The van der Waals surface area contributed by atoms with Crippen molar-refractivity contribution in [3.8, 4) is 6.07 Å². The standard InChI is InChI=1S/C15H15N3O2S/c1-2-18-6-5-10-11(8-16)15(21-13(10)9-18)17-14(19)12-4-3-7-20-12/h3-4,7H,2,5-6,9H2,1H3,(H,17,19). The van der Waals surface area contributed by atoms with E-state index in [-0.39, 0.29) is 11.7 Å². The molecule has 3 rings (SSSR count). The van der Waals surface area contributed by atoms with Crippen LogP contribution in [0, 0.1) is 11.3 Å². The average Bonchev–Trinajstić information content (AvgIpc) is 3.13. The number of hydrogen-bond donors (Lipinski definition) is 1. The molecule has 0 atom stereocenters. The van der Waals surface area contributed by atoms with Gasteiger partial charge in [0.05, 0.1) is 11.8 Å². The van der Waals surface area contributed by atoms with Gasteiger partial charge in [-0.1, -0.05) is 6.92 Å².